The lowest BCUT2D eigenvalue weighted by Gasteiger charge is -2.04. The second-order valence-electron chi connectivity index (χ2n) is 3.11. The average Bonchev–Trinajstić information content (AvgIpc) is 2.19. The first-order valence-electron chi connectivity index (χ1n) is 4.45. The van der Waals surface area contributed by atoms with Crippen LogP contribution >= 0.6 is 27.5 Å². The van der Waals surface area contributed by atoms with Crippen LogP contribution in [-0.4, -0.2) is 4.98 Å². The van der Waals surface area contributed by atoms with E-state index >= 15 is 0 Å². The molecule has 3 heteroatoms. The molecule has 0 N–H and O–H groups in total. The number of hydrogen-bond acceptors (Lipinski definition) is 1. The van der Waals surface area contributed by atoms with Gasteiger partial charge in [-0.25, -0.2) is 0 Å². The van der Waals surface area contributed by atoms with Crippen LogP contribution in [0, 0.1) is 0 Å². The summed E-state index contributed by atoms with van der Waals surface area (Å²) in [6, 6.07) is 5.91. The van der Waals surface area contributed by atoms with Gasteiger partial charge in [0.2, 0.25) is 0 Å². The number of rotatable bonds is 1. The summed E-state index contributed by atoms with van der Waals surface area (Å²) in [4.78, 5) is 4.29. The summed E-state index contributed by atoms with van der Waals surface area (Å²) in [7, 11) is 0. The van der Waals surface area contributed by atoms with Gasteiger partial charge in [-0.1, -0.05) is 34.5 Å². The lowest BCUT2D eigenvalue weighted by molar-refractivity contribution is 1.13. The van der Waals surface area contributed by atoms with E-state index in [9.17, 15) is 0 Å². The van der Waals surface area contributed by atoms with E-state index in [1.165, 1.54) is 5.56 Å². The molecule has 0 unspecified atom stereocenters. The molecule has 72 valence electrons. The van der Waals surface area contributed by atoms with Gasteiger partial charge in [0, 0.05) is 16.1 Å². The Kier molecular flexibility index (Phi) is 2.75. The van der Waals surface area contributed by atoms with Crippen molar-refractivity contribution in [2.75, 3.05) is 0 Å². The second kappa shape index (κ2) is 3.87. The molecule has 0 aliphatic carbocycles. The Labute approximate surface area is 96.2 Å². The van der Waals surface area contributed by atoms with Gasteiger partial charge in [0.25, 0.3) is 0 Å². The number of aromatic nitrogens is 1. The molecule has 0 amide bonds. The smallest absolute Gasteiger partial charge is 0.0720 e. The highest BCUT2D eigenvalue weighted by molar-refractivity contribution is 9.10. The quantitative estimate of drug-likeness (QED) is 0.756. The molecule has 1 aromatic heterocycles. The van der Waals surface area contributed by atoms with Gasteiger partial charge in [0.1, 0.15) is 0 Å². The molecule has 0 spiro atoms. The van der Waals surface area contributed by atoms with Crippen molar-refractivity contribution in [3.63, 3.8) is 0 Å². The molecule has 0 saturated carbocycles. The van der Waals surface area contributed by atoms with Crippen LogP contribution in [0.5, 0.6) is 0 Å². The lowest BCUT2D eigenvalue weighted by atomic mass is 10.1. The molecular formula is C11H9BrClN. The fourth-order valence-electron chi connectivity index (χ4n) is 1.45. The largest absolute Gasteiger partial charge is 0.256 e. The summed E-state index contributed by atoms with van der Waals surface area (Å²) >= 11 is 9.59. The molecule has 0 saturated heterocycles. The summed E-state index contributed by atoms with van der Waals surface area (Å²) in [6.45, 7) is 2.12. The molecule has 1 heterocycles. The van der Waals surface area contributed by atoms with E-state index < -0.39 is 0 Å². The van der Waals surface area contributed by atoms with E-state index in [-0.39, 0.29) is 0 Å². The zero-order valence-electron chi connectivity index (χ0n) is 7.72. The van der Waals surface area contributed by atoms with Crippen LogP contribution in [0.1, 0.15) is 12.5 Å². The normalized spacial score (nSPS) is 10.8. The molecule has 0 aliphatic heterocycles. The first-order chi connectivity index (χ1) is 6.72. The van der Waals surface area contributed by atoms with Crippen molar-refractivity contribution in [1.29, 1.82) is 0 Å². The molecule has 0 radical (unpaired) electrons. The number of pyridine rings is 1. The topological polar surface area (TPSA) is 12.9 Å². The molecular weight excluding hydrogens is 261 g/mol. The van der Waals surface area contributed by atoms with Gasteiger partial charge in [-0.15, -0.1) is 0 Å². The first-order valence-corrected chi connectivity index (χ1v) is 5.62. The van der Waals surface area contributed by atoms with E-state index in [0.29, 0.717) is 0 Å². The second-order valence-corrected chi connectivity index (χ2v) is 4.37. The predicted molar refractivity (Wildman–Crippen MR) is 63.8 cm³/mol. The fraction of sp³-hybridized carbons (Fsp3) is 0.182. The fourth-order valence-corrected chi connectivity index (χ4v) is 2.28. The van der Waals surface area contributed by atoms with E-state index in [4.69, 9.17) is 11.6 Å². The first kappa shape index (κ1) is 9.94. The van der Waals surface area contributed by atoms with Crippen molar-refractivity contribution in [1.82, 2.24) is 4.98 Å². The molecule has 0 aliphatic rings. The van der Waals surface area contributed by atoms with Gasteiger partial charge in [-0.05, 0) is 30.2 Å². The minimum atomic E-state index is 0.748. The Balaban J connectivity index is 2.79. The Bertz CT molecular complexity index is 482. The average molecular weight is 271 g/mol. The maximum Gasteiger partial charge on any atom is 0.0720 e. The summed E-state index contributed by atoms with van der Waals surface area (Å²) in [5, 5.41) is 1.75. The highest BCUT2D eigenvalue weighted by Gasteiger charge is 2.04. The SMILES string of the molecule is CCc1cc2nccc(Cl)c2cc1Br. The van der Waals surface area contributed by atoms with E-state index in [0.717, 1.165) is 26.8 Å². The standard InChI is InChI=1S/C11H9BrClN/c1-2-7-5-11-8(6-9(7)12)10(13)3-4-14-11/h3-6H,2H2,1H3. The van der Waals surface area contributed by atoms with Crippen molar-refractivity contribution >= 4 is 38.4 Å². The maximum absolute atomic E-state index is 6.06. The molecule has 14 heavy (non-hydrogen) atoms. The molecule has 0 bridgehead atoms. The van der Waals surface area contributed by atoms with Crippen molar-refractivity contribution in [2.45, 2.75) is 13.3 Å². The van der Waals surface area contributed by atoms with E-state index in [1.807, 2.05) is 12.1 Å². The number of benzene rings is 1. The highest BCUT2D eigenvalue weighted by Crippen LogP contribution is 2.28. The molecule has 1 aromatic carbocycles. The Hall–Kier alpha value is -0.600. The summed E-state index contributed by atoms with van der Waals surface area (Å²) < 4.78 is 1.10. The van der Waals surface area contributed by atoms with Crippen LogP contribution in [0.4, 0.5) is 0 Å². The lowest BCUT2D eigenvalue weighted by Crippen LogP contribution is -1.86. The predicted octanol–water partition coefficient (Wildman–Crippen LogP) is 4.21. The number of nitrogens with zero attached hydrogens (tertiary/aromatic N) is 1. The third-order valence-electron chi connectivity index (χ3n) is 2.24. The third kappa shape index (κ3) is 1.64. The Morgan fingerprint density at radius 2 is 2.21 bits per heavy atom. The summed E-state index contributed by atoms with van der Waals surface area (Å²) in [6.07, 6.45) is 2.72. The van der Waals surface area contributed by atoms with Gasteiger partial charge < -0.3 is 0 Å². The zero-order chi connectivity index (χ0) is 10.1. The number of fused-ring (bicyclic) bond motifs is 1. The number of hydrogen-bond donors (Lipinski definition) is 0. The monoisotopic (exact) mass is 269 g/mol. The highest BCUT2D eigenvalue weighted by atomic mass is 79.9. The van der Waals surface area contributed by atoms with Crippen LogP contribution in [0.15, 0.2) is 28.9 Å². The molecule has 1 nitrogen and oxygen atoms in total. The van der Waals surface area contributed by atoms with Gasteiger partial charge >= 0.3 is 0 Å². The zero-order valence-corrected chi connectivity index (χ0v) is 10.1. The molecule has 0 fully saturated rings. The van der Waals surface area contributed by atoms with Crippen LogP contribution in [0.2, 0.25) is 5.02 Å². The van der Waals surface area contributed by atoms with Crippen molar-refractivity contribution in [2.24, 2.45) is 0 Å². The Morgan fingerprint density at radius 3 is 2.93 bits per heavy atom. The van der Waals surface area contributed by atoms with Crippen LogP contribution in [-0.2, 0) is 6.42 Å². The summed E-state index contributed by atoms with van der Waals surface area (Å²) in [5.41, 5.74) is 2.21. The van der Waals surface area contributed by atoms with Crippen LogP contribution < -0.4 is 0 Å². The van der Waals surface area contributed by atoms with Gasteiger partial charge in [0.05, 0.1) is 10.5 Å². The Morgan fingerprint density at radius 1 is 1.43 bits per heavy atom. The van der Waals surface area contributed by atoms with Gasteiger partial charge in [-0.3, -0.25) is 4.98 Å². The van der Waals surface area contributed by atoms with Crippen LogP contribution in [0.25, 0.3) is 10.9 Å². The summed E-state index contributed by atoms with van der Waals surface area (Å²) in [5.74, 6) is 0. The third-order valence-corrected chi connectivity index (χ3v) is 3.31. The van der Waals surface area contributed by atoms with Crippen molar-refractivity contribution in [3.05, 3.63) is 39.5 Å². The number of halogens is 2. The van der Waals surface area contributed by atoms with Gasteiger partial charge in [0.15, 0.2) is 0 Å². The maximum atomic E-state index is 6.06. The minimum Gasteiger partial charge on any atom is -0.256 e. The molecule has 2 aromatic rings. The van der Waals surface area contributed by atoms with Gasteiger partial charge in [-0.2, -0.15) is 0 Å². The molecule has 0 atom stereocenters. The van der Waals surface area contributed by atoms with E-state index in [1.54, 1.807) is 6.20 Å². The minimum absolute atomic E-state index is 0.748. The van der Waals surface area contributed by atoms with Crippen molar-refractivity contribution in [3.8, 4) is 0 Å². The van der Waals surface area contributed by atoms with Crippen LogP contribution in [0.3, 0.4) is 0 Å². The van der Waals surface area contributed by atoms with Crippen molar-refractivity contribution < 1.29 is 0 Å². The molecule has 2 rings (SSSR count). The number of aryl methyl sites for hydroxylation is 1. The van der Waals surface area contributed by atoms with E-state index in [2.05, 4.69) is 33.9 Å².